The van der Waals surface area contributed by atoms with Crippen molar-refractivity contribution in [1.29, 1.82) is 0 Å². The Labute approximate surface area is 109 Å². The lowest BCUT2D eigenvalue weighted by Crippen LogP contribution is -1.91. The van der Waals surface area contributed by atoms with Gasteiger partial charge in [-0.1, -0.05) is 29.8 Å². The average molecular weight is 248 g/mol. The standard InChI is InChI=1S/C15H17N.ClH/c1-10-8-11(2)15(12(3)9-10)13-4-6-14(16)7-5-13;/h4-9H,16H2,1-3H3;1H. The number of anilines is 1. The first-order chi connectivity index (χ1) is 7.58. The molecule has 0 aliphatic carbocycles. The molecule has 0 saturated carbocycles. The molecule has 1 nitrogen and oxygen atoms in total. The van der Waals surface area contributed by atoms with Crippen LogP contribution in [0, 0.1) is 20.8 Å². The van der Waals surface area contributed by atoms with Crippen LogP contribution in [0.25, 0.3) is 11.1 Å². The van der Waals surface area contributed by atoms with Crippen molar-refractivity contribution in [3.8, 4) is 11.1 Å². The quantitative estimate of drug-likeness (QED) is 0.748. The van der Waals surface area contributed by atoms with E-state index in [-0.39, 0.29) is 12.4 Å². The van der Waals surface area contributed by atoms with Crippen LogP contribution in [0.2, 0.25) is 0 Å². The number of rotatable bonds is 1. The van der Waals surface area contributed by atoms with Crippen LogP contribution in [-0.2, 0) is 0 Å². The second kappa shape index (κ2) is 5.24. The van der Waals surface area contributed by atoms with Crippen LogP contribution in [0.15, 0.2) is 36.4 Å². The number of aryl methyl sites for hydroxylation is 3. The molecule has 0 fully saturated rings. The van der Waals surface area contributed by atoms with E-state index < -0.39 is 0 Å². The lowest BCUT2D eigenvalue weighted by atomic mass is 9.94. The van der Waals surface area contributed by atoms with E-state index in [9.17, 15) is 0 Å². The number of benzene rings is 2. The lowest BCUT2D eigenvalue weighted by molar-refractivity contribution is 1.32. The molecule has 2 heteroatoms. The van der Waals surface area contributed by atoms with Gasteiger partial charge in [-0.3, -0.25) is 0 Å². The van der Waals surface area contributed by atoms with Gasteiger partial charge in [-0.05, 0) is 55.2 Å². The molecule has 0 unspecified atom stereocenters. The number of halogens is 1. The van der Waals surface area contributed by atoms with Crippen molar-refractivity contribution in [2.75, 3.05) is 5.73 Å². The van der Waals surface area contributed by atoms with Gasteiger partial charge < -0.3 is 5.73 Å². The molecule has 0 amide bonds. The molecule has 0 spiro atoms. The number of hydrogen-bond acceptors (Lipinski definition) is 1. The van der Waals surface area contributed by atoms with Crippen molar-refractivity contribution in [2.45, 2.75) is 20.8 Å². The summed E-state index contributed by atoms with van der Waals surface area (Å²) in [5.74, 6) is 0. The summed E-state index contributed by atoms with van der Waals surface area (Å²) in [5, 5.41) is 0. The zero-order chi connectivity index (χ0) is 11.7. The zero-order valence-corrected chi connectivity index (χ0v) is 11.3. The van der Waals surface area contributed by atoms with Crippen LogP contribution in [0.1, 0.15) is 16.7 Å². The maximum absolute atomic E-state index is 5.70. The van der Waals surface area contributed by atoms with Crippen LogP contribution >= 0.6 is 12.4 Å². The Morgan fingerprint density at radius 1 is 0.824 bits per heavy atom. The molecule has 0 bridgehead atoms. The molecule has 0 heterocycles. The molecular formula is C15H18ClN. The smallest absolute Gasteiger partial charge is 0.0314 e. The van der Waals surface area contributed by atoms with Crippen LogP contribution in [-0.4, -0.2) is 0 Å². The molecular weight excluding hydrogens is 230 g/mol. The Hall–Kier alpha value is -1.47. The zero-order valence-electron chi connectivity index (χ0n) is 10.4. The Balaban J connectivity index is 0.00000144. The monoisotopic (exact) mass is 247 g/mol. The fourth-order valence-electron chi connectivity index (χ4n) is 2.29. The van der Waals surface area contributed by atoms with Crippen LogP contribution in [0.5, 0.6) is 0 Å². The van der Waals surface area contributed by atoms with Gasteiger partial charge in [-0.15, -0.1) is 12.4 Å². The number of nitrogen functional groups attached to an aromatic ring is 1. The molecule has 0 aliphatic heterocycles. The van der Waals surface area contributed by atoms with E-state index in [0.29, 0.717) is 0 Å². The Morgan fingerprint density at radius 2 is 1.29 bits per heavy atom. The summed E-state index contributed by atoms with van der Waals surface area (Å²) in [6.45, 7) is 6.45. The minimum Gasteiger partial charge on any atom is -0.399 e. The third kappa shape index (κ3) is 2.80. The Bertz CT molecular complexity index is 492. The topological polar surface area (TPSA) is 26.0 Å². The average Bonchev–Trinajstić information content (AvgIpc) is 2.19. The maximum atomic E-state index is 5.70. The van der Waals surface area contributed by atoms with E-state index in [1.54, 1.807) is 0 Å². The van der Waals surface area contributed by atoms with Gasteiger partial charge in [0.05, 0.1) is 0 Å². The van der Waals surface area contributed by atoms with Crippen molar-refractivity contribution in [3.63, 3.8) is 0 Å². The minimum absolute atomic E-state index is 0. The summed E-state index contributed by atoms with van der Waals surface area (Å²) in [6.07, 6.45) is 0. The minimum atomic E-state index is 0. The molecule has 2 aromatic carbocycles. The fourth-order valence-corrected chi connectivity index (χ4v) is 2.29. The van der Waals surface area contributed by atoms with E-state index in [4.69, 9.17) is 5.73 Å². The fraction of sp³-hybridized carbons (Fsp3) is 0.200. The molecule has 0 saturated heterocycles. The molecule has 0 aliphatic rings. The summed E-state index contributed by atoms with van der Waals surface area (Å²) in [6, 6.07) is 12.5. The molecule has 2 aromatic rings. The predicted octanol–water partition coefficient (Wildman–Crippen LogP) is 4.28. The van der Waals surface area contributed by atoms with Gasteiger partial charge in [-0.25, -0.2) is 0 Å². The first-order valence-corrected chi connectivity index (χ1v) is 5.51. The lowest BCUT2D eigenvalue weighted by Gasteiger charge is -2.11. The van der Waals surface area contributed by atoms with Gasteiger partial charge >= 0.3 is 0 Å². The van der Waals surface area contributed by atoms with Crippen molar-refractivity contribution >= 4 is 18.1 Å². The highest BCUT2D eigenvalue weighted by Crippen LogP contribution is 2.28. The maximum Gasteiger partial charge on any atom is 0.0314 e. The van der Waals surface area contributed by atoms with E-state index in [1.165, 1.54) is 27.8 Å². The van der Waals surface area contributed by atoms with Crippen LogP contribution < -0.4 is 5.73 Å². The largest absolute Gasteiger partial charge is 0.399 e. The molecule has 90 valence electrons. The normalized spacial score (nSPS) is 9.82. The predicted molar refractivity (Wildman–Crippen MR) is 77.7 cm³/mol. The molecule has 0 aromatic heterocycles. The summed E-state index contributed by atoms with van der Waals surface area (Å²) < 4.78 is 0. The van der Waals surface area contributed by atoms with Crippen molar-refractivity contribution in [3.05, 3.63) is 53.1 Å². The highest BCUT2D eigenvalue weighted by atomic mass is 35.5. The number of nitrogens with two attached hydrogens (primary N) is 1. The molecule has 17 heavy (non-hydrogen) atoms. The summed E-state index contributed by atoms with van der Waals surface area (Å²) in [5.41, 5.74) is 13.0. The van der Waals surface area contributed by atoms with Gasteiger partial charge in [0.25, 0.3) is 0 Å². The van der Waals surface area contributed by atoms with Gasteiger partial charge in [-0.2, -0.15) is 0 Å². The van der Waals surface area contributed by atoms with Crippen molar-refractivity contribution < 1.29 is 0 Å². The van der Waals surface area contributed by atoms with Gasteiger partial charge in [0.2, 0.25) is 0 Å². The second-order valence-corrected chi connectivity index (χ2v) is 4.40. The third-order valence-electron chi connectivity index (χ3n) is 2.88. The van der Waals surface area contributed by atoms with E-state index in [2.05, 4.69) is 45.0 Å². The molecule has 0 radical (unpaired) electrons. The van der Waals surface area contributed by atoms with Crippen LogP contribution in [0.4, 0.5) is 5.69 Å². The highest BCUT2D eigenvalue weighted by molar-refractivity contribution is 5.85. The summed E-state index contributed by atoms with van der Waals surface area (Å²) >= 11 is 0. The highest BCUT2D eigenvalue weighted by Gasteiger charge is 2.05. The second-order valence-electron chi connectivity index (χ2n) is 4.40. The van der Waals surface area contributed by atoms with E-state index >= 15 is 0 Å². The number of hydrogen-bond donors (Lipinski definition) is 1. The summed E-state index contributed by atoms with van der Waals surface area (Å²) in [7, 11) is 0. The third-order valence-corrected chi connectivity index (χ3v) is 2.88. The first kappa shape index (κ1) is 13.6. The molecule has 0 atom stereocenters. The Kier molecular flexibility index (Phi) is 4.19. The van der Waals surface area contributed by atoms with Gasteiger partial charge in [0.1, 0.15) is 0 Å². The van der Waals surface area contributed by atoms with Crippen LogP contribution in [0.3, 0.4) is 0 Å². The van der Waals surface area contributed by atoms with Gasteiger partial charge in [0, 0.05) is 5.69 Å². The molecule has 2 rings (SSSR count). The molecule has 2 N–H and O–H groups in total. The SMILES string of the molecule is Cc1cc(C)c(-c2ccc(N)cc2)c(C)c1.Cl. The van der Waals surface area contributed by atoms with Crippen molar-refractivity contribution in [2.24, 2.45) is 0 Å². The first-order valence-electron chi connectivity index (χ1n) is 5.51. The van der Waals surface area contributed by atoms with E-state index in [1.807, 2.05) is 12.1 Å². The van der Waals surface area contributed by atoms with E-state index in [0.717, 1.165) is 5.69 Å². The Morgan fingerprint density at radius 3 is 1.76 bits per heavy atom. The van der Waals surface area contributed by atoms with Gasteiger partial charge in [0.15, 0.2) is 0 Å². The van der Waals surface area contributed by atoms with Crippen molar-refractivity contribution in [1.82, 2.24) is 0 Å². The summed E-state index contributed by atoms with van der Waals surface area (Å²) in [4.78, 5) is 0.